The van der Waals surface area contributed by atoms with Gasteiger partial charge in [0.25, 0.3) is 11.8 Å². The smallest absolute Gasteiger partial charge is 0.267 e. The van der Waals surface area contributed by atoms with Gasteiger partial charge in [-0.05, 0) is 17.7 Å². The van der Waals surface area contributed by atoms with Gasteiger partial charge in [0, 0.05) is 0 Å². The zero-order valence-corrected chi connectivity index (χ0v) is 9.98. The van der Waals surface area contributed by atoms with Gasteiger partial charge in [0.2, 0.25) is 0 Å². The maximum atomic E-state index is 12.0. The number of fused-ring (bicyclic) bond motifs is 1. The molecule has 0 unspecified atom stereocenters. The second-order valence-corrected chi connectivity index (χ2v) is 4.12. The van der Waals surface area contributed by atoms with Gasteiger partial charge in [-0.1, -0.05) is 42.5 Å². The highest BCUT2D eigenvalue weighted by atomic mass is 16.2. The first-order valence-corrected chi connectivity index (χ1v) is 5.84. The summed E-state index contributed by atoms with van der Waals surface area (Å²) in [5, 5.41) is 4.88. The molecule has 0 saturated heterocycles. The van der Waals surface area contributed by atoms with Crippen molar-refractivity contribution in [2.45, 2.75) is 0 Å². The molecule has 2 amide bonds. The molecule has 1 aliphatic heterocycles. The van der Waals surface area contributed by atoms with E-state index < -0.39 is 0 Å². The predicted octanol–water partition coefficient (Wildman–Crippen LogP) is 2.32. The van der Waals surface area contributed by atoms with Crippen LogP contribution in [0.5, 0.6) is 0 Å². The van der Waals surface area contributed by atoms with E-state index in [4.69, 9.17) is 0 Å². The zero-order valence-electron chi connectivity index (χ0n) is 9.98. The van der Waals surface area contributed by atoms with Crippen molar-refractivity contribution in [2.75, 3.05) is 0 Å². The third kappa shape index (κ3) is 1.93. The highest BCUT2D eigenvalue weighted by Crippen LogP contribution is 2.22. The fourth-order valence-corrected chi connectivity index (χ4v) is 1.94. The summed E-state index contributed by atoms with van der Waals surface area (Å²) >= 11 is 0. The summed E-state index contributed by atoms with van der Waals surface area (Å²) in [4.78, 5) is 24.0. The first kappa shape index (κ1) is 11.3. The maximum absolute atomic E-state index is 12.0. The molecule has 0 aromatic heterocycles. The van der Waals surface area contributed by atoms with Gasteiger partial charge in [0.15, 0.2) is 0 Å². The molecule has 0 aliphatic carbocycles. The summed E-state index contributed by atoms with van der Waals surface area (Å²) in [6, 6.07) is 16.0. The van der Waals surface area contributed by atoms with Gasteiger partial charge in [-0.3, -0.25) is 9.59 Å². The minimum absolute atomic E-state index is 0.382. The average molecular weight is 250 g/mol. The molecule has 0 radical (unpaired) electrons. The number of carbonyl (C=O) groups excluding carboxylic acids is 2. The number of hydrogen-bond donors (Lipinski definition) is 0. The van der Waals surface area contributed by atoms with Crippen LogP contribution in [0.4, 0.5) is 0 Å². The van der Waals surface area contributed by atoms with E-state index in [1.165, 1.54) is 6.21 Å². The summed E-state index contributed by atoms with van der Waals surface area (Å²) in [6.45, 7) is 0. The summed E-state index contributed by atoms with van der Waals surface area (Å²) < 4.78 is 0. The number of hydrogen-bond acceptors (Lipinski definition) is 3. The first-order chi connectivity index (χ1) is 9.27. The van der Waals surface area contributed by atoms with Gasteiger partial charge in [-0.2, -0.15) is 10.1 Å². The molecular formula is C15H10N2O2. The van der Waals surface area contributed by atoms with Crippen LogP contribution in [-0.4, -0.2) is 23.0 Å². The van der Waals surface area contributed by atoms with Crippen molar-refractivity contribution < 1.29 is 9.59 Å². The topological polar surface area (TPSA) is 49.7 Å². The van der Waals surface area contributed by atoms with Gasteiger partial charge < -0.3 is 0 Å². The lowest BCUT2D eigenvalue weighted by Gasteiger charge is -2.05. The predicted molar refractivity (Wildman–Crippen MR) is 71.0 cm³/mol. The van der Waals surface area contributed by atoms with E-state index in [0.29, 0.717) is 11.1 Å². The standard InChI is InChI=1S/C15H10N2O2/c18-14-12-8-4-5-9-13(12)15(19)17(14)16-10-11-6-2-1-3-7-11/h1-10H/b16-10-. The van der Waals surface area contributed by atoms with Crippen molar-refractivity contribution in [1.82, 2.24) is 5.01 Å². The van der Waals surface area contributed by atoms with Crippen molar-refractivity contribution >= 4 is 18.0 Å². The van der Waals surface area contributed by atoms with Crippen molar-refractivity contribution in [3.8, 4) is 0 Å². The maximum Gasteiger partial charge on any atom is 0.282 e. The molecule has 0 atom stereocenters. The zero-order chi connectivity index (χ0) is 13.2. The minimum Gasteiger partial charge on any atom is -0.267 e. The van der Waals surface area contributed by atoms with Gasteiger partial charge in [-0.25, -0.2) is 0 Å². The highest BCUT2D eigenvalue weighted by molar-refractivity contribution is 6.21. The van der Waals surface area contributed by atoms with Crippen LogP contribution >= 0.6 is 0 Å². The molecule has 3 rings (SSSR count). The third-order valence-electron chi connectivity index (χ3n) is 2.89. The molecule has 92 valence electrons. The Morgan fingerprint density at radius 3 is 1.89 bits per heavy atom. The fraction of sp³-hybridized carbons (Fsp3) is 0. The molecule has 19 heavy (non-hydrogen) atoms. The molecule has 0 bridgehead atoms. The van der Waals surface area contributed by atoms with E-state index >= 15 is 0 Å². The van der Waals surface area contributed by atoms with Crippen LogP contribution in [0.3, 0.4) is 0 Å². The van der Waals surface area contributed by atoms with Crippen molar-refractivity contribution in [1.29, 1.82) is 0 Å². The molecule has 0 spiro atoms. The van der Waals surface area contributed by atoms with Crippen molar-refractivity contribution in [3.63, 3.8) is 0 Å². The number of hydrazone groups is 1. The summed E-state index contributed by atoms with van der Waals surface area (Å²) in [6.07, 6.45) is 1.50. The Bertz CT molecular complexity index is 643. The molecular weight excluding hydrogens is 240 g/mol. The molecule has 0 fully saturated rings. The van der Waals surface area contributed by atoms with Gasteiger partial charge in [0.1, 0.15) is 0 Å². The lowest BCUT2D eigenvalue weighted by molar-refractivity contribution is 0.0660. The normalized spacial score (nSPS) is 14.2. The molecule has 0 N–H and O–H groups in total. The van der Waals surface area contributed by atoms with Crippen LogP contribution in [-0.2, 0) is 0 Å². The van der Waals surface area contributed by atoms with Gasteiger partial charge >= 0.3 is 0 Å². The average Bonchev–Trinajstić information content (AvgIpc) is 2.71. The Balaban J connectivity index is 1.91. The summed E-state index contributed by atoms with van der Waals surface area (Å²) in [5.74, 6) is -0.763. The van der Waals surface area contributed by atoms with Crippen LogP contribution in [0, 0.1) is 0 Å². The Morgan fingerprint density at radius 2 is 1.32 bits per heavy atom. The SMILES string of the molecule is O=C1c2ccccc2C(=O)N1/N=C\c1ccccc1. The Hall–Kier alpha value is -2.75. The van der Waals surface area contributed by atoms with Crippen LogP contribution in [0.2, 0.25) is 0 Å². The lowest BCUT2D eigenvalue weighted by Crippen LogP contribution is -2.23. The Kier molecular flexibility index (Phi) is 2.68. The van der Waals surface area contributed by atoms with Crippen LogP contribution < -0.4 is 0 Å². The van der Waals surface area contributed by atoms with Crippen molar-refractivity contribution in [2.24, 2.45) is 5.10 Å². The first-order valence-electron chi connectivity index (χ1n) is 5.84. The molecule has 1 heterocycles. The van der Waals surface area contributed by atoms with E-state index in [-0.39, 0.29) is 11.8 Å². The van der Waals surface area contributed by atoms with Crippen LogP contribution in [0.15, 0.2) is 59.7 Å². The lowest BCUT2D eigenvalue weighted by atomic mass is 10.1. The van der Waals surface area contributed by atoms with Crippen molar-refractivity contribution in [3.05, 3.63) is 71.3 Å². The monoisotopic (exact) mass is 250 g/mol. The van der Waals surface area contributed by atoms with E-state index in [2.05, 4.69) is 5.10 Å². The van der Waals surface area contributed by atoms with E-state index in [1.54, 1.807) is 24.3 Å². The number of nitrogens with zero attached hydrogens (tertiary/aromatic N) is 2. The molecule has 0 saturated carbocycles. The van der Waals surface area contributed by atoms with Crippen LogP contribution in [0.25, 0.3) is 0 Å². The minimum atomic E-state index is -0.382. The third-order valence-corrected chi connectivity index (χ3v) is 2.89. The second kappa shape index (κ2) is 4.49. The quantitative estimate of drug-likeness (QED) is 0.606. The molecule has 2 aromatic rings. The van der Waals surface area contributed by atoms with E-state index in [9.17, 15) is 9.59 Å². The molecule has 2 aromatic carbocycles. The Morgan fingerprint density at radius 1 is 0.789 bits per heavy atom. The number of imide groups is 1. The number of rotatable bonds is 2. The number of amides is 2. The summed E-state index contributed by atoms with van der Waals surface area (Å²) in [5.41, 5.74) is 1.63. The molecule has 4 nitrogen and oxygen atoms in total. The number of benzene rings is 2. The highest BCUT2D eigenvalue weighted by Gasteiger charge is 2.35. The molecule has 4 heteroatoms. The molecule has 1 aliphatic rings. The second-order valence-electron chi connectivity index (χ2n) is 4.12. The Labute approximate surface area is 110 Å². The summed E-state index contributed by atoms with van der Waals surface area (Å²) in [7, 11) is 0. The van der Waals surface area contributed by atoms with E-state index in [1.807, 2.05) is 30.3 Å². The van der Waals surface area contributed by atoms with Gasteiger partial charge in [0.05, 0.1) is 17.3 Å². The number of carbonyl (C=O) groups is 2. The van der Waals surface area contributed by atoms with Crippen LogP contribution in [0.1, 0.15) is 26.3 Å². The largest absolute Gasteiger partial charge is 0.282 e. The van der Waals surface area contributed by atoms with E-state index in [0.717, 1.165) is 10.6 Å². The fourth-order valence-electron chi connectivity index (χ4n) is 1.94. The van der Waals surface area contributed by atoms with Gasteiger partial charge in [-0.15, -0.1) is 0 Å².